The van der Waals surface area contributed by atoms with Gasteiger partial charge in [0.05, 0.1) is 0 Å². The van der Waals surface area contributed by atoms with Crippen molar-refractivity contribution in [3.05, 3.63) is 35.2 Å². The van der Waals surface area contributed by atoms with E-state index in [1.807, 2.05) is 0 Å². The van der Waals surface area contributed by atoms with Gasteiger partial charge in [0, 0.05) is 17.7 Å². The van der Waals surface area contributed by atoms with Crippen LogP contribution in [0.2, 0.25) is 0 Å². The van der Waals surface area contributed by atoms with Crippen LogP contribution < -0.4 is 10.6 Å². The summed E-state index contributed by atoms with van der Waals surface area (Å²) in [6.45, 7) is 2.92. The van der Waals surface area contributed by atoms with Gasteiger partial charge in [-0.3, -0.25) is 4.79 Å². The molecule has 1 unspecified atom stereocenters. The van der Waals surface area contributed by atoms with Crippen LogP contribution in [0.5, 0.6) is 0 Å². The van der Waals surface area contributed by atoms with E-state index in [1.165, 1.54) is 22.1 Å². The number of thiophene rings is 1. The molecular weight excluding hydrogens is 316 g/mol. The first-order chi connectivity index (χ1) is 10.3. The summed E-state index contributed by atoms with van der Waals surface area (Å²) < 4.78 is 1.33. The minimum atomic E-state index is 0. The van der Waals surface area contributed by atoms with Gasteiger partial charge >= 0.3 is 0 Å². The Bertz CT molecular complexity index is 607. The van der Waals surface area contributed by atoms with Crippen molar-refractivity contribution in [3.63, 3.8) is 0 Å². The zero-order valence-corrected chi connectivity index (χ0v) is 14.3. The van der Waals surface area contributed by atoms with E-state index in [9.17, 15) is 4.79 Å². The number of carbonyl (C=O) groups is 1. The zero-order chi connectivity index (χ0) is 14.5. The Morgan fingerprint density at radius 1 is 1.36 bits per heavy atom. The Morgan fingerprint density at radius 3 is 3.05 bits per heavy atom. The van der Waals surface area contributed by atoms with Crippen molar-refractivity contribution in [3.8, 4) is 0 Å². The van der Waals surface area contributed by atoms with Crippen LogP contribution in [0.3, 0.4) is 0 Å². The fraction of sp³-hybridized carbons (Fsp3) is 0.471. The molecule has 0 bridgehead atoms. The lowest BCUT2D eigenvalue weighted by Crippen LogP contribution is -2.26. The quantitative estimate of drug-likeness (QED) is 0.847. The van der Waals surface area contributed by atoms with Gasteiger partial charge in [0.1, 0.15) is 0 Å². The third-order valence-corrected chi connectivity index (χ3v) is 5.23. The highest BCUT2D eigenvalue weighted by Gasteiger charge is 2.15. The van der Waals surface area contributed by atoms with Gasteiger partial charge in [0.25, 0.3) is 0 Å². The average molecular weight is 339 g/mol. The molecule has 120 valence electrons. The van der Waals surface area contributed by atoms with Gasteiger partial charge in [-0.1, -0.05) is 18.2 Å². The minimum Gasteiger partial charge on any atom is -0.356 e. The fourth-order valence-corrected chi connectivity index (χ4v) is 3.94. The Morgan fingerprint density at radius 2 is 2.23 bits per heavy atom. The van der Waals surface area contributed by atoms with Crippen LogP contribution in [0, 0.1) is 5.92 Å². The molecule has 1 aromatic heterocycles. The highest BCUT2D eigenvalue weighted by Crippen LogP contribution is 2.25. The van der Waals surface area contributed by atoms with E-state index in [0.29, 0.717) is 12.3 Å². The molecule has 1 aliphatic rings. The lowest BCUT2D eigenvalue weighted by atomic mass is 10.0. The predicted octanol–water partition coefficient (Wildman–Crippen LogP) is 3.37. The number of halogens is 1. The number of hydrogen-bond acceptors (Lipinski definition) is 3. The number of hydrogen-bond donors (Lipinski definition) is 2. The number of amides is 1. The van der Waals surface area contributed by atoms with Crippen molar-refractivity contribution in [2.24, 2.45) is 5.92 Å². The maximum Gasteiger partial charge on any atom is 0.220 e. The van der Waals surface area contributed by atoms with Crippen LogP contribution in [0.15, 0.2) is 29.6 Å². The van der Waals surface area contributed by atoms with Crippen LogP contribution in [-0.2, 0) is 11.2 Å². The summed E-state index contributed by atoms with van der Waals surface area (Å²) >= 11 is 1.78. The Balaban J connectivity index is 0.00000176. The normalized spacial score (nSPS) is 17.4. The Labute approximate surface area is 141 Å². The van der Waals surface area contributed by atoms with Crippen molar-refractivity contribution in [2.75, 3.05) is 19.6 Å². The molecule has 1 amide bonds. The molecule has 0 radical (unpaired) electrons. The molecule has 1 aliphatic heterocycles. The largest absolute Gasteiger partial charge is 0.356 e. The van der Waals surface area contributed by atoms with Crippen LogP contribution in [-0.4, -0.2) is 25.5 Å². The molecule has 3 rings (SSSR count). The highest BCUT2D eigenvalue weighted by atomic mass is 35.5. The highest BCUT2D eigenvalue weighted by molar-refractivity contribution is 7.17. The molecule has 2 heterocycles. The summed E-state index contributed by atoms with van der Waals surface area (Å²) in [6.07, 6.45) is 3.81. The van der Waals surface area contributed by atoms with Gasteiger partial charge in [-0.2, -0.15) is 0 Å². The van der Waals surface area contributed by atoms with Gasteiger partial charge < -0.3 is 10.6 Å². The summed E-state index contributed by atoms with van der Waals surface area (Å²) in [5.41, 5.74) is 1.34. The lowest BCUT2D eigenvalue weighted by molar-refractivity contribution is -0.121. The summed E-state index contributed by atoms with van der Waals surface area (Å²) in [7, 11) is 0. The summed E-state index contributed by atoms with van der Waals surface area (Å²) in [5.74, 6) is 0.887. The van der Waals surface area contributed by atoms with Crippen molar-refractivity contribution < 1.29 is 4.79 Å². The maximum atomic E-state index is 11.9. The number of benzene rings is 1. The Kier molecular flexibility index (Phi) is 6.68. The van der Waals surface area contributed by atoms with Crippen molar-refractivity contribution in [1.29, 1.82) is 0 Å². The number of nitrogens with one attached hydrogen (secondary N) is 2. The van der Waals surface area contributed by atoms with E-state index in [4.69, 9.17) is 0 Å². The molecule has 0 aliphatic carbocycles. The zero-order valence-electron chi connectivity index (χ0n) is 12.6. The van der Waals surface area contributed by atoms with Crippen molar-refractivity contribution in [1.82, 2.24) is 10.6 Å². The maximum absolute atomic E-state index is 11.9. The van der Waals surface area contributed by atoms with E-state index < -0.39 is 0 Å². The van der Waals surface area contributed by atoms with Crippen LogP contribution in [0.25, 0.3) is 10.1 Å². The molecule has 3 nitrogen and oxygen atoms in total. The molecule has 2 N–H and O–H groups in total. The standard InChI is InChI=1S/C17H22N2OS.ClH/c20-17(6-5-13-7-9-18-11-13)19-10-8-14-12-21-16-4-2-1-3-15(14)16;/h1-4,12-13,18H,5-11H2,(H,19,20);1H. The topological polar surface area (TPSA) is 41.1 Å². The number of fused-ring (bicyclic) bond motifs is 1. The first-order valence-corrected chi connectivity index (χ1v) is 8.63. The molecule has 1 aromatic carbocycles. The van der Waals surface area contributed by atoms with Crippen LogP contribution in [0.1, 0.15) is 24.8 Å². The summed E-state index contributed by atoms with van der Waals surface area (Å²) in [4.78, 5) is 11.9. The predicted molar refractivity (Wildman–Crippen MR) is 96.0 cm³/mol. The molecule has 1 atom stereocenters. The van der Waals surface area contributed by atoms with Gasteiger partial charge in [0.15, 0.2) is 0 Å². The molecule has 5 heteroatoms. The Hall–Kier alpha value is -1.10. The number of carbonyl (C=O) groups excluding carboxylic acids is 1. The summed E-state index contributed by atoms with van der Waals surface area (Å²) in [5, 5.41) is 9.94. The third kappa shape index (κ3) is 4.45. The van der Waals surface area contributed by atoms with Gasteiger partial charge in [-0.05, 0) is 60.7 Å². The van der Waals surface area contributed by atoms with E-state index in [0.717, 1.165) is 32.5 Å². The first kappa shape index (κ1) is 17.3. The summed E-state index contributed by atoms with van der Waals surface area (Å²) in [6, 6.07) is 8.46. The molecule has 1 fully saturated rings. The van der Waals surface area contributed by atoms with E-state index in [2.05, 4.69) is 40.3 Å². The second-order valence-corrected chi connectivity index (χ2v) is 6.67. The smallest absolute Gasteiger partial charge is 0.220 e. The molecule has 1 saturated heterocycles. The number of rotatable bonds is 6. The van der Waals surface area contributed by atoms with E-state index in [-0.39, 0.29) is 18.3 Å². The monoisotopic (exact) mass is 338 g/mol. The third-order valence-electron chi connectivity index (χ3n) is 4.22. The van der Waals surface area contributed by atoms with Gasteiger partial charge in [-0.25, -0.2) is 0 Å². The van der Waals surface area contributed by atoms with Gasteiger partial charge in [-0.15, -0.1) is 23.7 Å². The van der Waals surface area contributed by atoms with Crippen LogP contribution >= 0.6 is 23.7 Å². The second kappa shape index (κ2) is 8.51. The van der Waals surface area contributed by atoms with Crippen molar-refractivity contribution >= 4 is 39.7 Å². The average Bonchev–Trinajstić information content (AvgIpc) is 3.15. The molecular formula is C17H23ClN2OS. The molecule has 2 aromatic rings. The second-order valence-electron chi connectivity index (χ2n) is 5.75. The van der Waals surface area contributed by atoms with E-state index >= 15 is 0 Å². The first-order valence-electron chi connectivity index (χ1n) is 7.75. The SMILES string of the molecule is Cl.O=C(CCC1CCNC1)NCCc1csc2ccccc12. The van der Waals surface area contributed by atoms with E-state index in [1.54, 1.807) is 11.3 Å². The fourth-order valence-electron chi connectivity index (χ4n) is 2.95. The van der Waals surface area contributed by atoms with Gasteiger partial charge in [0.2, 0.25) is 5.91 Å². The van der Waals surface area contributed by atoms with Crippen LogP contribution in [0.4, 0.5) is 0 Å². The molecule has 0 saturated carbocycles. The lowest BCUT2D eigenvalue weighted by Gasteiger charge is -2.08. The molecule has 22 heavy (non-hydrogen) atoms. The molecule has 0 spiro atoms. The minimum absolute atomic E-state index is 0. The van der Waals surface area contributed by atoms with Crippen molar-refractivity contribution in [2.45, 2.75) is 25.7 Å².